The van der Waals surface area contributed by atoms with Crippen LogP contribution in [0.2, 0.25) is 0 Å². The fourth-order valence-electron chi connectivity index (χ4n) is 1.66. The standard InChI is InChI=1S/C12H11BrFN3/c1-15-12(11-7-16-4-5-17-11)9-6-8(14)2-3-10(9)13/h2-7,12,15H,1H3. The van der Waals surface area contributed by atoms with Gasteiger partial charge in [-0.1, -0.05) is 15.9 Å². The van der Waals surface area contributed by atoms with Crippen LogP contribution in [0.3, 0.4) is 0 Å². The highest BCUT2D eigenvalue weighted by Crippen LogP contribution is 2.27. The molecular formula is C12H11BrFN3. The maximum absolute atomic E-state index is 13.3. The summed E-state index contributed by atoms with van der Waals surface area (Å²) >= 11 is 3.41. The summed E-state index contributed by atoms with van der Waals surface area (Å²) in [4.78, 5) is 8.25. The van der Waals surface area contributed by atoms with Crippen molar-refractivity contribution < 1.29 is 4.39 Å². The van der Waals surface area contributed by atoms with Crippen molar-refractivity contribution in [3.05, 3.63) is 58.3 Å². The Bertz CT molecular complexity index is 504. The van der Waals surface area contributed by atoms with Gasteiger partial charge in [-0.05, 0) is 30.8 Å². The van der Waals surface area contributed by atoms with Crippen molar-refractivity contribution in [2.45, 2.75) is 6.04 Å². The molecule has 1 heterocycles. The molecule has 0 radical (unpaired) electrons. The lowest BCUT2D eigenvalue weighted by Crippen LogP contribution is -2.19. The van der Waals surface area contributed by atoms with Gasteiger partial charge in [0, 0.05) is 16.9 Å². The summed E-state index contributed by atoms with van der Waals surface area (Å²) in [5, 5.41) is 3.10. The molecule has 0 aliphatic rings. The largest absolute Gasteiger partial charge is 0.308 e. The summed E-state index contributed by atoms with van der Waals surface area (Å²) in [6.07, 6.45) is 4.89. The monoisotopic (exact) mass is 295 g/mol. The third kappa shape index (κ3) is 2.68. The summed E-state index contributed by atoms with van der Waals surface area (Å²) in [7, 11) is 1.80. The normalized spacial score (nSPS) is 12.4. The quantitative estimate of drug-likeness (QED) is 0.946. The van der Waals surface area contributed by atoms with Gasteiger partial charge >= 0.3 is 0 Å². The molecule has 0 saturated heterocycles. The van der Waals surface area contributed by atoms with Gasteiger partial charge in [-0.2, -0.15) is 0 Å². The Kier molecular flexibility index (Phi) is 3.81. The molecule has 1 atom stereocenters. The zero-order valence-corrected chi connectivity index (χ0v) is 10.8. The van der Waals surface area contributed by atoms with E-state index in [9.17, 15) is 4.39 Å². The van der Waals surface area contributed by atoms with Crippen LogP contribution in [0.25, 0.3) is 0 Å². The van der Waals surface area contributed by atoms with Gasteiger partial charge < -0.3 is 5.32 Å². The van der Waals surface area contributed by atoms with Crippen LogP contribution in [0.5, 0.6) is 0 Å². The molecule has 17 heavy (non-hydrogen) atoms. The lowest BCUT2D eigenvalue weighted by atomic mass is 10.0. The van der Waals surface area contributed by atoms with Gasteiger partial charge in [0.25, 0.3) is 0 Å². The van der Waals surface area contributed by atoms with E-state index in [0.29, 0.717) is 0 Å². The molecule has 0 fully saturated rings. The van der Waals surface area contributed by atoms with E-state index in [1.54, 1.807) is 31.7 Å². The first-order chi connectivity index (χ1) is 8.22. The molecule has 0 aliphatic heterocycles. The molecule has 2 rings (SSSR count). The van der Waals surface area contributed by atoms with Crippen molar-refractivity contribution >= 4 is 15.9 Å². The van der Waals surface area contributed by atoms with Gasteiger partial charge in [-0.25, -0.2) is 4.39 Å². The summed E-state index contributed by atoms with van der Waals surface area (Å²) in [5.41, 5.74) is 1.55. The topological polar surface area (TPSA) is 37.8 Å². The molecular weight excluding hydrogens is 285 g/mol. The third-order valence-electron chi connectivity index (χ3n) is 2.44. The second-order valence-electron chi connectivity index (χ2n) is 3.52. The van der Waals surface area contributed by atoms with Crippen molar-refractivity contribution in [1.82, 2.24) is 15.3 Å². The van der Waals surface area contributed by atoms with Gasteiger partial charge in [0.05, 0.1) is 17.9 Å². The van der Waals surface area contributed by atoms with E-state index in [4.69, 9.17) is 0 Å². The maximum atomic E-state index is 13.3. The van der Waals surface area contributed by atoms with Gasteiger partial charge in [-0.15, -0.1) is 0 Å². The second kappa shape index (κ2) is 5.33. The van der Waals surface area contributed by atoms with E-state index in [-0.39, 0.29) is 11.9 Å². The number of halogens is 2. The predicted octanol–water partition coefficient (Wildman–Crippen LogP) is 2.69. The van der Waals surface area contributed by atoms with Crippen LogP contribution in [0.15, 0.2) is 41.3 Å². The van der Waals surface area contributed by atoms with Gasteiger partial charge in [0.2, 0.25) is 0 Å². The summed E-state index contributed by atoms with van der Waals surface area (Å²) in [6, 6.07) is 4.40. The van der Waals surface area contributed by atoms with E-state index in [1.165, 1.54) is 12.1 Å². The van der Waals surface area contributed by atoms with Crippen molar-refractivity contribution in [1.29, 1.82) is 0 Å². The Morgan fingerprint density at radius 3 is 2.82 bits per heavy atom. The molecule has 0 amide bonds. The van der Waals surface area contributed by atoms with Crippen LogP contribution in [-0.4, -0.2) is 17.0 Å². The Morgan fingerprint density at radius 1 is 1.35 bits per heavy atom. The van der Waals surface area contributed by atoms with Crippen molar-refractivity contribution in [3.63, 3.8) is 0 Å². The molecule has 88 valence electrons. The molecule has 1 aromatic heterocycles. The number of nitrogens with one attached hydrogen (secondary N) is 1. The summed E-state index contributed by atoms with van der Waals surface area (Å²) < 4.78 is 14.1. The van der Waals surface area contributed by atoms with Crippen LogP contribution in [-0.2, 0) is 0 Å². The smallest absolute Gasteiger partial charge is 0.123 e. The summed E-state index contributed by atoms with van der Waals surface area (Å²) in [6.45, 7) is 0. The molecule has 0 spiro atoms. The minimum absolute atomic E-state index is 0.186. The molecule has 1 aromatic carbocycles. The highest BCUT2D eigenvalue weighted by atomic mass is 79.9. The molecule has 1 unspecified atom stereocenters. The Morgan fingerprint density at radius 2 is 2.18 bits per heavy atom. The van der Waals surface area contributed by atoms with Crippen molar-refractivity contribution in [3.8, 4) is 0 Å². The molecule has 5 heteroatoms. The fraction of sp³-hybridized carbons (Fsp3) is 0.167. The maximum Gasteiger partial charge on any atom is 0.123 e. The number of rotatable bonds is 3. The molecule has 1 N–H and O–H groups in total. The zero-order valence-electron chi connectivity index (χ0n) is 9.19. The summed E-state index contributed by atoms with van der Waals surface area (Å²) in [5.74, 6) is -0.271. The number of benzene rings is 1. The minimum atomic E-state index is -0.271. The highest BCUT2D eigenvalue weighted by molar-refractivity contribution is 9.10. The Balaban J connectivity index is 2.46. The molecule has 3 nitrogen and oxygen atoms in total. The highest BCUT2D eigenvalue weighted by Gasteiger charge is 2.16. The van der Waals surface area contributed by atoms with Crippen LogP contribution in [0, 0.1) is 5.82 Å². The number of aromatic nitrogens is 2. The minimum Gasteiger partial charge on any atom is -0.308 e. The van der Waals surface area contributed by atoms with Crippen LogP contribution < -0.4 is 5.32 Å². The average Bonchev–Trinajstić information content (AvgIpc) is 2.36. The van der Waals surface area contributed by atoms with Gasteiger partial charge in [0.1, 0.15) is 5.82 Å². The van der Waals surface area contributed by atoms with Crippen LogP contribution in [0.4, 0.5) is 4.39 Å². The van der Waals surface area contributed by atoms with E-state index in [1.807, 2.05) is 0 Å². The van der Waals surface area contributed by atoms with E-state index < -0.39 is 0 Å². The van der Waals surface area contributed by atoms with Gasteiger partial charge in [0.15, 0.2) is 0 Å². The zero-order chi connectivity index (χ0) is 12.3. The van der Waals surface area contributed by atoms with Crippen molar-refractivity contribution in [2.24, 2.45) is 0 Å². The first kappa shape index (κ1) is 12.1. The molecule has 0 saturated carbocycles. The first-order valence-electron chi connectivity index (χ1n) is 5.10. The van der Waals surface area contributed by atoms with E-state index in [0.717, 1.165) is 15.7 Å². The molecule has 0 aliphatic carbocycles. The molecule has 2 aromatic rings. The SMILES string of the molecule is CNC(c1cnccn1)c1cc(F)ccc1Br. The predicted molar refractivity (Wildman–Crippen MR) is 67.0 cm³/mol. The van der Waals surface area contributed by atoms with Gasteiger partial charge in [-0.3, -0.25) is 9.97 Å². The van der Waals surface area contributed by atoms with E-state index in [2.05, 4.69) is 31.2 Å². The molecule has 0 bridgehead atoms. The Labute approximate surface area is 107 Å². The first-order valence-corrected chi connectivity index (χ1v) is 5.90. The average molecular weight is 296 g/mol. The number of hydrogen-bond donors (Lipinski definition) is 1. The van der Waals surface area contributed by atoms with E-state index >= 15 is 0 Å². The van der Waals surface area contributed by atoms with Crippen LogP contribution in [0.1, 0.15) is 17.3 Å². The fourth-order valence-corrected chi connectivity index (χ4v) is 2.13. The number of nitrogens with zero attached hydrogens (tertiary/aromatic N) is 2. The van der Waals surface area contributed by atoms with Crippen LogP contribution >= 0.6 is 15.9 Å². The third-order valence-corrected chi connectivity index (χ3v) is 3.16. The lowest BCUT2D eigenvalue weighted by molar-refractivity contribution is 0.611. The lowest BCUT2D eigenvalue weighted by Gasteiger charge is -2.17. The van der Waals surface area contributed by atoms with Crippen molar-refractivity contribution in [2.75, 3.05) is 7.05 Å². The number of hydrogen-bond acceptors (Lipinski definition) is 3. The Hall–Kier alpha value is -1.33. The second-order valence-corrected chi connectivity index (χ2v) is 4.37.